The number of hydrogen-bond donors (Lipinski definition) is 2. The van der Waals surface area contributed by atoms with Crippen LogP contribution in [0.15, 0.2) is 35.3 Å². The van der Waals surface area contributed by atoms with Crippen LogP contribution in [0.3, 0.4) is 0 Å². The summed E-state index contributed by atoms with van der Waals surface area (Å²) in [5.41, 5.74) is 0. The summed E-state index contributed by atoms with van der Waals surface area (Å²) >= 11 is 0. The minimum absolute atomic E-state index is 0. The van der Waals surface area contributed by atoms with Crippen molar-refractivity contribution in [2.45, 2.75) is 20.0 Å². The van der Waals surface area contributed by atoms with Gasteiger partial charge in [-0.3, -0.25) is 4.90 Å². The van der Waals surface area contributed by atoms with Gasteiger partial charge < -0.3 is 20.1 Å². The fourth-order valence-corrected chi connectivity index (χ4v) is 2.49. The summed E-state index contributed by atoms with van der Waals surface area (Å²) in [6, 6.07) is 9.86. The van der Waals surface area contributed by atoms with Crippen molar-refractivity contribution in [3.63, 3.8) is 0 Å². The van der Waals surface area contributed by atoms with E-state index < -0.39 is 0 Å². The zero-order valence-electron chi connectivity index (χ0n) is 15.2. The van der Waals surface area contributed by atoms with Crippen LogP contribution in [-0.4, -0.2) is 69.4 Å². The molecule has 1 fully saturated rings. The van der Waals surface area contributed by atoms with Crippen LogP contribution >= 0.6 is 24.0 Å². The van der Waals surface area contributed by atoms with Gasteiger partial charge in [-0.05, 0) is 26.0 Å². The monoisotopic (exact) mass is 462 g/mol. The zero-order valence-corrected chi connectivity index (χ0v) is 17.6. The molecule has 0 spiro atoms. The summed E-state index contributed by atoms with van der Waals surface area (Å²) in [5, 5.41) is 6.67. The van der Waals surface area contributed by atoms with Gasteiger partial charge in [0.25, 0.3) is 0 Å². The summed E-state index contributed by atoms with van der Waals surface area (Å²) in [6.45, 7) is 11.1. The van der Waals surface area contributed by atoms with Gasteiger partial charge >= 0.3 is 0 Å². The lowest BCUT2D eigenvalue weighted by molar-refractivity contribution is 0.0389. The summed E-state index contributed by atoms with van der Waals surface area (Å²) in [6.07, 6.45) is 0.0297. The second kappa shape index (κ2) is 13.2. The van der Waals surface area contributed by atoms with Crippen LogP contribution in [0.4, 0.5) is 0 Å². The van der Waals surface area contributed by atoms with Gasteiger partial charge in [0.1, 0.15) is 11.9 Å². The first-order valence-electron chi connectivity index (χ1n) is 8.82. The highest BCUT2D eigenvalue weighted by Crippen LogP contribution is 2.10. The number of rotatable bonds is 8. The van der Waals surface area contributed by atoms with Crippen molar-refractivity contribution >= 4 is 29.9 Å². The van der Waals surface area contributed by atoms with E-state index in [2.05, 4.69) is 27.4 Å². The average molecular weight is 462 g/mol. The molecule has 0 saturated carbocycles. The number of morpholine rings is 1. The third-order valence-corrected chi connectivity index (χ3v) is 3.76. The van der Waals surface area contributed by atoms with Gasteiger partial charge in [-0.25, -0.2) is 4.99 Å². The first-order chi connectivity index (χ1) is 11.8. The second-order valence-corrected chi connectivity index (χ2v) is 5.84. The molecule has 6 nitrogen and oxygen atoms in total. The van der Waals surface area contributed by atoms with E-state index in [0.29, 0.717) is 6.54 Å². The molecule has 7 heteroatoms. The molecule has 2 rings (SSSR count). The van der Waals surface area contributed by atoms with Crippen LogP contribution in [0.1, 0.15) is 13.8 Å². The minimum atomic E-state index is 0. The van der Waals surface area contributed by atoms with E-state index >= 15 is 0 Å². The van der Waals surface area contributed by atoms with Crippen LogP contribution in [0.5, 0.6) is 5.75 Å². The maximum atomic E-state index is 5.86. The van der Waals surface area contributed by atoms with E-state index in [-0.39, 0.29) is 30.1 Å². The standard InChI is InChI=1S/C18H30N4O2.HI/c1-3-19-18(20-9-10-22-11-13-23-14-12-22)21-15-16(2)24-17-7-5-4-6-8-17;/h4-8,16H,3,9-15H2,1-2H3,(H2,19,20,21);1H. The molecular formula is C18H31IN4O2. The number of nitrogens with zero attached hydrogens (tertiary/aromatic N) is 2. The number of benzene rings is 1. The lowest BCUT2D eigenvalue weighted by atomic mass is 10.3. The Balaban J connectivity index is 0.00000312. The largest absolute Gasteiger partial charge is 0.489 e. The first kappa shape index (κ1) is 22.0. The second-order valence-electron chi connectivity index (χ2n) is 5.84. The Morgan fingerprint density at radius 3 is 2.64 bits per heavy atom. The molecule has 1 aromatic rings. The summed E-state index contributed by atoms with van der Waals surface area (Å²) in [4.78, 5) is 7.02. The third-order valence-electron chi connectivity index (χ3n) is 3.76. The lowest BCUT2D eigenvalue weighted by Crippen LogP contribution is -2.44. The molecule has 0 bridgehead atoms. The highest BCUT2D eigenvalue weighted by atomic mass is 127. The Hall–Kier alpha value is -1.06. The van der Waals surface area contributed by atoms with Crippen molar-refractivity contribution in [3.05, 3.63) is 30.3 Å². The van der Waals surface area contributed by atoms with Gasteiger partial charge in [-0.15, -0.1) is 24.0 Å². The third kappa shape index (κ3) is 9.27. The van der Waals surface area contributed by atoms with Gasteiger partial charge in [0, 0.05) is 32.7 Å². The van der Waals surface area contributed by atoms with E-state index in [1.54, 1.807) is 0 Å². The molecule has 1 unspecified atom stereocenters. The Morgan fingerprint density at radius 1 is 1.24 bits per heavy atom. The van der Waals surface area contributed by atoms with Crippen molar-refractivity contribution < 1.29 is 9.47 Å². The molecule has 2 N–H and O–H groups in total. The molecule has 1 heterocycles. The van der Waals surface area contributed by atoms with Gasteiger partial charge in [-0.2, -0.15) is 0 Å². The van der Waals surface area contributed by atoms with Gasteiger partial charge in [0.15, 0.2) is 5.96 Å². The minimum Gasteiger partial charge on any atom is -0.489 e. The fraction of sp³-hybridized carbons (Fsp3) is 0.611. The number of para-hydroxylation sites is 1. The fourth-order valence-electron chi connectivity index (χ4n) is 2.49. The number of halogens is 1. The maximum Gasteiger partial charge on any atom is 0.191 e. The molecule has 0 amide bonds. The predicted molar refractivity (Wildman–Crippen MR) is 113 cm³/mol. The molecule has 0 aliphatic carbocycles. The van der Waals surface area contributed by atoms with E-state index in [4.69, 9.17) is 9.47 Å². The number of nitrogens with one attached hydrogen (secondary N) is 2. The molecule has 0 radical (unpaired) electrons. The highest BCUT2D eigenvalue weighted by Gasteiger charge is 2.10. The number of hydrogen-bond acceptors (Lipinski definition) is 4. The van der Waals surface area contributed by atoms with Gasteiger partial charge in [0.05, 0.1) is 19.8 Å². The van der Waals surface area contributed by atoms with Gasteiger partial charge in [0.2, 0.25) is 0 Å². The van der Waals surface area contributed by atoms with Crippen LogP contribution in [0.2, 0.25) is 0 Å². The van der Waals surface area contributed by atoms with E-state index in [1.807, 2.05) is 37.3 Å². The van der Waals surface area contributed by atoms with Crippen molar-refractivity contribution in [2.24, 2.45) is 4.99 Å². The molecule has 1 aliphatic rings. The lowest BCUT2D eigenvalue weighted by Gasteiger charge is -2.26. The molecule has 1 aromatic carbocycles. The molecule has 1 aliphatic heterocycles. The van der Waals surface area contributed by atoms with Crippen LogP contribution in [0, 0.1) is 0 Å². The number of aliphatic imine (C=N–C) groups is 1. The van der Waals surface area contributed by atoms with Crippen molar-refractivity contribution in [2.75, 3.05) is 52.5 Å². The predicted octanol–water partition coefficient (Wildman–Crippen LogP) is 1.96. The number of ether oxygens (including phenoxy) is 2. The Bertz CT molecular complexity index is 481. The summed E-state index contributed by atoms with van der Waals surface area (Å²) in [5.74, 6) is 1.72. The Labute approximate surface area is 168 Å². The topological polar surface area (TPSA) is 58.1 Å². The molecule has 1 saturated heterocycles. The van der Waals surface area contributed by atoms with Crippen LogP contribution < -0.4 is 15.4 Å². The Kier molecular flexibility index (Phi) is 11.6. The van der Waals surface area contributed by atoms with Crippen molar-refractivity contribution in [1.82, 2.24) is 15.5 Å². The van der Waals surface area contributed by atoms with Crippen molar-refractivity contribution in [1.29, 1.82) is 0 Å². The quantitative estimate of drug-likeness (QED) is 0.352. The Morgan fingerprint density at radius 2 is 1.96 bits per heavy atom. The molecule has 0 aromatic heterocycles. The SMILES string of the molecule is CCNC(=NCC(C)Oc1ccccc1)NCCN1CCOCC1.I. The molecular weight excluding hydrogens is 431 g/mol. The molecule has 25 heavy (non-hydrogen) atoms. The zero-order chi connectivity index (χ0) is 17.0. The van der Waals surface area contributed by atoms with E-state index in [1.165, 1.54) is 0 Å². The molecule has 1 atom stereocenters. The summed E-state index contributed by atoms with van der Waals surface area (Å²) < 4.78 is 11.2. The van der Waals surface area contributed by atoms with Crippen molar-refractivity contribution in [3.8, 4) is 5.75 Å². The normalized spacial score (nSPS) is 16.6. The smallest absolute Gasteiger partial charge is 0.191 e. The maximum absolute atomic E-state index is 5.86. The molecule has 142 valence electrons. The summed E-state index contributed by atoms with van der Waals surface area (Å²) in [7, 11) is 0. The average Bonchev–Trinajstić information content (AvgIpc) is 2.61. The first-order valence-corrected chi connectivity index (χ1v) is 8.82. The highest BCUT2D eigenvalue weighted by molar-refractivity contribution is 14.0. The van der Waals surface area contributed by atoms with E-state index in [9.17, 15) is 0 Å². The van der Waals surface area contributed by atoms with Gasteiger partial charge in [-0.1, -0.05) is 18.2 Å². The van der Waals surface area contributed by atoms with Crippen LogP contribution in [0.25, 0.3) is 0 Å². The van der Waals surface area contributed by atoms with E-state index in [0.717, 1.165) is 57.6 Å². The van der Waals surface area contributed by atoms with Crippen LogP contribution in [-0.2, 0) is 4.74 Å². The number of guanidine groups is 1.